The first kappa shape index (κ1) is 15.9. The number of hydrogen-bond acceptors (Lipinski definition) is 2. The fourth-order valence-corrected chi connectivity index (χ4v) is 3.49. The number of carbonyl (C=O) groups excluding carboxylic acids is 1. The summed E-state index contributed by atoms with van der Waals surface area (Å²) in [6.07, 6.45) is 4.72. The minimum atomic E-state index is -0.206. The zero-order chi connectivity index (χ0) is 14.5. The summed E-state index contributed by atoms with van der Waals surface area (Å²) in [4.78, 5) is 14.5. The summed E-state index contributed by atoms with van der Waals surface area (Å²) in [6.45, 7) is 3.71. The van der Waals surface area contributed by atoms with Crippen molar-refractivity contribution >= 4 is 45.8 Å². The minimum absolute atomic E-state index is 0.192. The number of amides is 1. The second-order valence-corrected chi connectivity index (χ2v) is 6.83. The maximum Gasteiger partial charge on any atom is 0.244 e. The van der Waals surface area contributed by atoms with Gasteiger partial charge in [-0.3, -0.25) is 4.79 Å². The molecule has 0 radical (unpaired) electrons. The molecule has 1 aliphatic heterocycles. The summed E-state index contributed by atoms with van der Waals surface area (Å²) < 4.78 is 1.03. The van der Waals surface area contributed by atoms with Gasteiger partial charge in [-0.2, -0.15) is 0 Å². The van der Waals surface area contributed by atoms with Crippen LogP contribution in [0.25, 0.3) is 0 Å². The Morgan fingerprint density at radius 3 is 2.55 bits per heavy atom. The van der Waals surface area contributed by atoms with E-state index < -0.39 is 0 Å². The Balaban J connectivity index is 1.99. The Morgan fingerprint density at radius 1 is 1.30 bits per heavy atom. The van der Waals surface area contributed by atoms with Crippen LogP contribution in [-0.4, -0.2) is 29.9 Å². The largest absolute Gasteiger partial charge is 0.373 e. The van der Waals surface area contributed by atoms with Crippen molar-refractivity contribution < 1.29 is 4.79 Å². The molecule has 0 bridgehead atoms. The third-order valence-electron chi connectivity index (χ3n) is 3.59. The van der Waals surface area contributed by atoms with Gasteiger partial charge in [0.25, 0.3) is 0 Å². The summed E-state index contributed by atoms with van der Waals surface area (Å²) in [5.41, 5.74) is 0.964. The number of carbonyl (C=O) groups is 1. The van der Waals surface area contributed by atoms with Crippen molar-refractivity contribution in [3.63, 3.8) is 0 Å². The zero-order valence-electron chi connectivity index (χ0n) is 11.7. The van der Waals surface area contributed by atoms with Crippen LogP contribution < -0.4 is 5.32 Å². The van der Waals surface area contributed by atoms with Crippen LogP contribution >= 0.6 is 34.2 Å². The number of benzene rings is 1. The summed E-state index contributed by atoms with van der Waals surface area (Å²) >= 11 is 8.18. The second kappa shape index (κ2) is 7.50. The molecule has 1 aromatic carbocycles. The van der Waals surface area contributed by atoms with Gasteiger partial charge in [-0.05, 0) is 60.6 Å². The molecule has 1 amide bonds. The van der Waals surface area contributed by atoms with Crippen LogP contribution in [-0.2, 0) is 4.79 Å². The lowest BCUT2D eigenvalue weighted by molar-refractivity contribution is -0.131. The van der Waals surface area contributed by atoms with Crippen LogP contribution in [0.3, 0.4) is 0 Å². The van der Waals surface area contributed by atoms with Crippen molar-refractivity contribution in [2.75, 3.05) is 18.4 Å². The van der Waals surface area contributed by atoms with Gasteiger partial charge in [0.1, 0.15) is 6.04 Å². The highest BCUT2D eigenvalue weighted by Crippen LogP contribution is 2.23. The Kier molecular flexibility index (Phi) is 5.96. The zero-order valence-corrected chi connectivity index (χ0v) is 14.6. The lowest BCUT2D eigenvalue weighted by Gasteiger charge is -2.25. The predicted octanol–water partition coefficient (Wildman–Crippen LogP) is 4.15. The lowest BCUT2D eigenvalue weighted by atomic mass is 10.2. The molecular weight excluding hydrogens is 387 g/mol. The van der Waals surface area contributed by atoms with E-state index >= 15 is 0 Å². The van der Waals surface area contributed by atoms with Gasteiger partial charge in [-0.15, -0.1) is 0 Å². The van der Waals surface area contributed by atoms with Gasteiger partial charge < -0.3 is 10.2 Å². The third-order valence-corrected chi connectivity index (χ3v) is 4.72. The standard InChI is InChI=1S/C15H20ClIN2O/c1-11(15(20)19-8-4-2-3-5-9-19)18-14-7-6-12(16)10-13(14)17/h6-7,10-11,18H,2-5,8-9H2,1H3. The average molecular weight is 407 g/mol. The Bertz CT molecular complexity index is 473. The highest BCUT2D eigenvalue weighted by Gasteiger charge is 2.21. The van der Waals surface area contributed by atoms with Crippen molar-refractivity contribution in [1.82, 2.24) is 4.90 Å². The smallest absolute Gasteiger partial charge is 0.244 e. The third kappa shape index (κ3) is 4.25. The number of hydrogen-bond donors (Lipinski definition) is 1. The average Bonchev–Trinajstić information content (AvgIpc) is 2.70. The fourth-order valence-electron chi connectivity index (χ4n) is 2.47. The van der Waals surface area contributed by atoms with E-state index in [9.17, 15) is 4.79 Å². The van der Waals surface area contributed by atoms with Crippen LogP contribution in [0.4, 0.5) is 5.69 Å². The Morgan fingerprint density at radius 2 is 1.95 bits per heavy atom. The molecule has 0 saturated carbocycles. The van der Waals surface area contributed by atoms with E-state index in [0.29, 0.717) is 5.02 Å². The van der Waals surface area contributed by atoms with Crippen molar-refractivity contribution in [1.29, 1.82) is 0 Å². The quantitative estimate of drug-likeness (QED) is 0.765. The molecule has 1 fully saturated rings. The Hall–Kier alpha value is -0.490. The van der Waals surface area contributed by atoms with Crippen LogP contribution in [0.1, 0.15) is 32.6 Å². The van der Waals surface area contributed by atoms with Crippen LogP contribution in [0.2, 0.25) is 5.02 Å². The van der Waals surface area contributed by atoms with Gasteiger partial charge >= 0.3 is 0 Å². The second-order valence-electron chi connectivity index (χ2n) is 5.23. The van der Waals surface area contributed by atoms with Crippen molar-refractivity contribution in [3.05, 3.63) is 26.8 Å². The topological polar surface area (TPSA) is 32.3 Å². The van der Waals surface area contributed by atoms with Crippen molar-refractivity contribution in [2.45, 2.75) is 38.6 Å². The van der Waals surface area contributed by atoms with Crippen LogP contribution in [0.5, 0.6) is 0 Å². The van der Waals surface area contributed by atoms with E-state index in [1.54, 1.807) is 0 Å². The first-order valence-electron chi connectivity index (χ1n) is 7.08. The molecule has 3 nitrogen and oxygen atoms in total. The van der Waals surface area contributed by atoms with Gasteiger partial charge in [-0.25, -0.2) is 0 Å². The number of nitrogens with zero attached hydrogens (tertiary/aromatic N) is 1. The first-order chi connectivity index (χ1) is 9.58. The Labute approximate surface area is 139 Å². The minimum Gasteiger partial charge on any atom is -0.373 e. The van der Waals surface area contributed by atoms with Crippen molar-refractivity contribution in [2.24, 2.45) is 0 Å². The number of anilines is 1. The molecule has 20 heavy (non-hydrogen) atoms. The molecule has 110 valence electrons. The molecule has 1 unspecified atom stereocenters. The molecule has 1 aromatic rings. The summed E-state index contributed by atoms with van der Waals surface area (Å²) in [5.74, 6) is 0.192. The predicted molar refractivity (Wildman–Crippen MR) is 92.3 cm³/mol. The lowest BCUT2D eigenvalue weighted by Crippen LogP contribution is -2.42. The highest BCUT2D eigenvalue weighted by molar-refractivity contribution is 14.1. The molecule has 0 aliphatic carbocycles. The molecule has 2 rings (SSSR count). The monoisotopic (exact) mass is 406 g/mol. The fraction of sp³-hybridized carbons (Fsp3) is 0.533. The SMILES string of the molecule is CC(Nc1ccc(Cl)cc1I)C(=O)N1CCCCCC1. The van der Waals surface area contributed by atoms with E-state index in [2.05, 4.69) is 27.9 Å². The number of rotatable bonds is 3. The van der Waals surface area contributed by atoms with E-state index in [4.69, 9.17) is 11.6 Å². The molecule has 5 heteroatoms. The van der Waals surface area contributed by atoms with E-state index in [1.807, 2.05) is 30.0 Å². The molecule has 1 saturated heterocycles. The molecule has 1 N–H and O–H groups in total. The first-order valence-corrected chi connectivity index (χ1v) is 8.54. The summed E-state index contributed by atoms with van der Waals surface area (Å²) in [5, 5.41) is 4.01. The summed E-state index contributed by atoms with van der Waals surface area (Å²) in [6, 6.07) is 5.46. The molecular formula is C15H20ClIN2O. The van der Waals surface area contributed by atoms with Crippen molar-refractivity contribution in [3.8, 4) is 0 Å². The van der Waals surface area contributed by atoms with E-state index in [1.165, 1.54) is 12.8 Å². The molecule has 0 spiro atoms. The van der Waals surface area contributed by atoms with E-state index in [-0.39, 0.29) is 11.9 Å². The highest BCUT2D eigenvalue weighted by atomic mass is 127. The van der Waals surface area contributed by atoms with Crippen LogP contribution in [0.15, 0.2) is 18.2 Å². The number of likely N-dealkylation sites (tertiary alicyclic amines) is 1. The van der Waals surface area contributed by atoms with Gasteiger partial charge in [0.2, 0.25) is 5.91 Å². The van der Waals surface area contributed by atoms with Gasteiger partial charge in [0, 0.05) is 27.4 Å². The summed E-state index contributed by atoms with van der Waals surface area (Å²) in [7, 11) is 0. The maximum atomic E-state index is 12.5. The molecule has 0 aromatic heterocycles. The molecule has 1 aliphatic rings. The molecule has 1 heterocycles. The number of halogens is 2. The normalized spacial score (nSPS) is 17.4. The van der Waals surface area contributed by atoms with Gasteiger partial charge in [0.05, 0.1) is 0 Å². The molecule has 1 atom stereocenters. The van der Waals surface area contributed by atoms with Gasteiger partial charge in [-0.1, -0.05) is 24.4 Å². The van der Waals surface area contributed by atoms with Crippen LogP contribution in [0, 0.1) is 3.57 Å². The van der Waals surface area contributed by atoms with E-state index in [0.717, 1.165) is 35.2 Å². The maximum absolute atomic E-state index is 12.5. The van der Waals surface area contributed by atoms with Gasteiger partial charge in [0.15, 0.2) is 0 Å². The number of nitrogens with one attached hydrogen (secondary N) is 1.